The molecule has 0 amide bonds. The van der Waals surface area contributed by atoms with Gasteiger partial charge in [0.1, 0.15) is 5.82 Å². The standard InChI is InChI=1S/C13H15N3O/c1-3-11(13-15-5-6-16-13)4-2-10(1)12-9-14-7-8-17-12/h1-6,12,14H,7-9H2,(H,15,16). The van der Waals surface area contributed by atoms with Crippen molar-refractivity contribution in [3.63, 3.8) is 0 Å². The van der Waals surface area contributed by atoms with Crippen molar-refractivity contribution in [2.75, 3.05) is 19.7 Å². The molecule has 0 saturated carbocycles. The Balaban J connectivity index is 1.80. The van der Waals surface area contributed by atoms with Crippen LogP contribution in [0.1, 0.15) is 11.7 Å². The van der Waals surface area contributed by atoms with Crippen LogP contribution in [0.5, 0.6) is 0 Å². The van der Waals surface area contributed by atoms with E-state index >= 15 is 0 Å². The molecule has 4 nitrogen and oxygen atoms in total. The third-order valence-electron chi connectivity index (χ3n) is 2.98. The number of hydrogen-bond acceptors (Lipinski definition) is 3. The number of ether oxygens (including phenoxy) is 1. The Kier molecular flexibility index (Phi) is 2.90. The van der Waals surface area contributed by atoms with Gasteiger partial charge in [0.15, 0.2) is 0 Å². The van der Waals surface area contributed by atoms with Crippen molar-refractivity contribution in [2.45, 2.75) is 6.10 Å². The molecule has 0 aliphatic carbocycles. The summed E-state index contributed by atoms with van der Waals surface area (Å²) in [6, 6.07) is 8.36. The molecule has 1 aliphatic heterocycles. The fourth-order valence-corrected chi connectivity index (χ4v) is 2.06. The molecule has 4 heteroatoms. The molecule has 17 heavy (non-hydrogen) atoms. The zero-order valence-electron chi connectivity index (χ0n) is 9.52. The summed E-state index contributed by atoms with van der Waals surface area (Å²) in [5.74, 6) is 0.902. The minimum absolute atomic E-state index is 0.175. The molecule has 0 bridgehead atoms. The number of morpholine rings is 1. The minimum Gasteiger partial charge on any atom is -0.371 e. The summed E-state index contributed by atoms with van der Waals surface area (Å²) in [4.78, 5) is 7.33. The second kappa shape index (κ2) is 4.69. The van der Waals surface area contributed by atoms with E-state index in [1.54, 1.807) is 6.20 Å². The van der Waals surface area contributed by atoms with Gasteiger partial charge >= 0.3 is 0 Å². The first kappa shape index (κ1) is 10.5. The average Bonchev–Trinajstić information content (AvgIpc) is 2.94. The molecule has 1 fully saturated rings. The topological polar surface area (TPSA) is 49.9 Å². The van der Waals surface area contributed by atoms with Crippen molar-refractivity contribution in [2.24, 2.45) is 0 Å². The van der Waals surface area contributed by atoms with E-state index in [0.717, 1.165) is 31.1 Å². The maximum absolute atomic E-state index is 5.71. The van der Waals surface area contributed by atoms with E-state index in [0.29, 0.717) is 0 Å². The molecule has 88 valence electrons. The lowest BCUT2D eigenvalue weighted by atomic mass is 10.1. The van der Waals surface area contributed by atoms with Crippen molar-refractivity contribution >= 4 is 0 Å². The van der Waals surface area contributed by atoms with E-state index in [9.17, 15) is 0 Å². The summed E-state index contributed by atoms with van der Waals surface area (Å²) in [5.41, 5.74) is 2.31. The molecule has 1 aromatic carbocycles. The molecule has 2 heterocycles. The van der Waals surface area contributed by atoms with E-state index in [2.05, 4.69) is 39.6 Å². The fraction of sp³-hybridized carbons (Fsp3) is 0.308. The van der Waals surface area contributed by atoms with Gasteiger partial charge in [-0.15, -0.1) is 0 Å². The Morgan fingerprint density at radius 3 is 2.76 bits per heavy atom. The minimum atomic E-state index is 0.175. The van der Waals surface area contributed by atoms with Crippen molar-refractivity contribution in [3.8, 4) is 11.4 Å². The SMILES string of the molecule is c1c[nH]c(-c2ccc(C3CNCCO3)cc2)n1. The quantitative estimate of drug-likeness (QED) is 0.824. The summed E-state index contributed by atoms with van der Waals surface area (Å²) in [7, 11) is 0. The van der Waals surface area contributed by atoms with Crippen molar-refractivity contribution in [1.29, 1.82) is 0 Å². The lowest BCUT2D eigenvalue weighted by Crippen LogP contribution is -2.33. The van der Waals surface area contributed by atoms with Gasteiger partial charge in [0, 0.05) is 31.0 Å². The molecule has 1 aromatic heterocycles. The maximum Gasteiger partial charge on any atom is 0.137 e. The maximum atomic E-state index is 5.71. The number of benzene rings is 1. The zero-order chi connectivity index (χ0) is 11.5. The van der Waals surface area contributed by atoms with Gasteiger partial charge in [0.2, 0.25) is 0 Å². The first-order chi connectivity index (χ1) is 8.43. The number of imidazole rings is 1. The lowest BCUT2D eigenvalue weighted by Gasteiger charge is -2.23. The molecule has 1 unspecified atom stereocenters. The van der Waals surface area contributed by atoms with Crippen LogP contribution in [0.25, 0.3) is 11.4 Å². The first-order valence-electron chi connectivity index (χ1n) is 5.85. The predicted octanol–water partition coefficient (Wildman–Crippen LogP) is 1.74. The number of nitrogens with one attached hydrogen (secondary N) is 2. The van der Waals surface area contributed by atoms with Crippen LogP contribution in [0.2, 0.25) is 0 Å². The normalized spacial score (nSPS) is 20.4. The van der Waals surface area contributed by atoms with E-state index < -0.39 is 0 Å². The highest BCUT2D eigenvalue weighted by Crippen LogP contribution is 2.22. The molecule has 0 radical (unpaired) electrons. The van der Waals surface area contributed by atoms with Gasteiger partial charge < -0.3 is 15.0 Å². The molecule has 1 saturated heterocycles. The van der Waals surface area contributed by atoms with Crippen LogP contribution in [-0.4, -0.2) is 29.7 Å². The second-order valence-electron chi connectivity index (χ2n) is 4.12. The Labute approximate surface area is 100 Å². The highest BCUT2D eigenvalue weighted by atomic mass is 16.5. The largest absolute Gasteiger partial charge is 0.371 e. The van der Waals surface area contributed by atoms with Crippen molar-refractivity contribution < 1.29 is 4.74 Å². The molecule has 1 aliphatic rings. The van der Waals surface area contributed by atoms with Crippen LogP contribution in [0.4, 0.5) is 0 Å². The molecular weight excluding hydrogens is 214 g/mol. The van der Waals surface area contributed by atoms with Crippen LogP contribution in [-0.2, 0) is 4.74 Å². The fourth-order valence-electron chi connectivity index (χ4n) is 2.06. The van der Waals surface area contributed by atoms with Gasteiger partial charge in [0.25, 0.3) is 0 Å². The summed E-state index contributed by atoms with van der Waals surface area (Å²) in [6.07, 6.45) is 3.77. The predicted molar refractivity (Wildman–Crippen MR) is 65.6 cm³/mol. The van der Waals surface area contributed by atoms with Crippen molar-refractivity contribution in [3.05, 3.63) is 42.2 Å². The van der Waals surface area contributed by atoms with E-state index in [1.807, 2.05) is 6.20 Å². The van der Waals surface area contributed by atoms with Gasteiger partial charge in [-0.05, 0) is 5.56 Å². The Morgan fingerprint density at radius 1 is 1.24 bits per heavy atom. The summed E-state index contributed by atoms with van der Waals surface area (Å²) in [6.45, 7) is 2.62. The zero-order valence-corrected chi connectivity index (χ0v) is 9.52. The van der Waals surface area contributed by atoms with E-state index in [4.69, 9.17) is 4.74 Å². The monoisotopic (exact) mass is 229 g/mol. The molecule has 2 aromatic rings. The molecule has 0 spiro atoms. The van der Waals surface area contributed by atoms with Gasteiger partial charge in [-0.1, -0.05) is 24.3 Å². The third kappa shape index (κ3) is 2.23. The van der Waals surface area contributed by atoms with Crippen LogP contribution in [0, 0.1) is 0 Å². The van der Waals surface area contributed by atoms with Crippen LogP contribution < -0.4 is 5.32 Å². The Bertz CT molecular complexity index is 458. The molecular formula is C13H15N3O. The van der Waals surface area contributed by atoms with E-state index in [-0.39, 0.29) is 6.10 Å². The summed E-state index contributed by atoms with van der Waals surface area (Å²) < 4.78 is 5.71. The molecule has 1 atom stereocenters. The molecule has 2 N–H and O–H groups in total. The van der Waals surface area contributed by atoms with Gasteiger partial charge in [-0.25, -0.2) is 4.98 Å². The third-order valence-corrected chi connectivity index (χ3v) is 2.98. The number of rotatable bonds is 2. The smallest absolute Gasteiger partial charge is 0.137 e. The van der Waals surface area contributed by atoms with Crippen LogP contribution in [0.3, 0.4) is 0 Å². The number of hydrogen-bond donors (Lipinski definition) is 2. The average molecular weight is 229 g/mol. The highest BCUT2D eigenvalue weighted by Gasteiger charge is 2.15. The first-order valence-corrected chi connectivity index (χ1v) is 5.85. The van der Waals surface area contributed by atoms with Gasteiger partial charge in [0.05, 0.1) is 12.7 Å². The summed E-state index contributed by atoms with van der Waals surface area (Å²) >= 11 is 0. The van der Waals surface area contributed by atoms with Crippen molar-refractivity contribution in [1.82, 2.24) is 15.3 Å². The number of H-pyrrole nitrogens is 1. The Morgan fingerprint density at radius 2 is 2.12 bits per heavy atom. The molecule has 3 rings (SSSR count). The van der Waals surface area contributed by atoms with Crippen LogP contribution >= 0.6 is 0 Å². The lowest BCUT2D eigenvalue weighted by molar-refractivity contribution is 0.0277. The summed E-state index contributed by atoms with van der Waals surface area (Å²) in [5, 5.41) is 3.33. The second-order valence-corrected chi connectivity index (χ2v) is 4.12. The van der Waals surface area contributed by atoms with Gasteiger partial charge in [-0.3, -0.25) is 0 Å². The number of aromatic amines is 1. The Hall–Kier alpha value is -1.65. The number of nitrogens with zero attached hydrogens (tertiary/aromatic N) is 1. The van der Waals surface area contributed by atoms with Crippen LogP contribution in [0.15, 0.2) is 36.7 Å². The van der Waals surface area contributed by atoms with E-state index in [1.165, 1.54) is 5.56 Å². The number of aromatic nitrogens is 2. The highest BCUT2D eigenvalue weighted by molar-refractivity contribution is 5.55. The van der Waals surface area contributed by atoms with Gasteiger partial charge in [-0.2, -0.15) is 0 Å².